The van der Waals surface area contributed by atoms with E-state index in [-0.39, 0.29) is 10.7 Å². The number of amides is 1. The molecule has 5 heteroatoms. The highest BCUT2D eigenvalue weighted by Crippen LogP contribution is 2.23. The molecular formula is C9H8Br2ClNO. The Morgan fingerprint density at radius 3 is 2.71 bits per heavy atom. The summed E-state index contributed by atoms with van der Waals surface area (Å²) in [6.07, 6.45) is 0.501. The lowest BCUT2D eigenvalue weighted by atomic mass is 10.1. The fourth-order valence-corrected chi connectivity index (χ4v) is 2.08. The van der Waals surface area contributed by atoms with E-state index in [1.165, 1.54) is 0 Å². The van der Waals surface area contributed by atoms with Crippen LogP contribution in [0.2, 0.25) is 5.02 Å². The van der Waals surface area contributed by atoms with Crippen molar-refractivity contribution in [3.63, 3.8) is 0 Å². The van der Waals surface area contributed by atoms with Crippen LogP contribution in [-0.4, -0.2) is 10.7 Å². The first-order chi connectivity index (χ1) is 6.50. The molecule has 1 amide bonds. The molecule has 0 aliphatic rings. The fourth-order valence-electron chi connectivity index (χ4n) is 0.981. The number of benzene rings is 1. The van der Waals surface area contributed by atoms with E-state index in [1.807, 2.05) is 12.1 Å². The highest BCUT2D eigenvalue weighted by atomic mass is 79.9. The van der Waals surface area contributed by atoms with Crippen molar-refractivity contribution >= 4 is 49.4 Å². The van der Waals surface area contributed by atoms with Crippen LogP contribution < -0.4 is 5.73 Å². The number of rotatable bonds is 3. The van der Waals surface area contributed by atoms with Gasteiger partial charge < -0.3 is 5.73 Å². The molecule has 1 rings (SSSR count). The molecule has 1 unspecified atom stereocenters. The summed E-state index contributed by atoms with van der Waals surface area (Å²) in [5.74, 6) is -0.385. The lowest BCUT2D eigenvalue weighted by molar-refractivity contribution is -0.117. The minimum absolute atomic E-state index is 0.374. The van der Waals surface area contributed by atoms with Crippen molar-refractivity contribution in [1.29, 1.82) is 0 Å². The second kappa shape index (κ2) is 5.14. The molecule has 0 fully saturated rings. The quantitative estimate of drug-likeness (QED) is 0.844. The minimum Gasteiger partial charge on any atom is -0.369 e. The normalized spacial score (nSPS) is 12.5. The van der Waals surface area contributed by atoms with Crippen molar-refractivity contribution in [2.24, 2.45) is 5.73 Å². The lowest BCUT2D eigenvalue weighted by Crippen LogP contribution is -2.25. The molecule has 0 radical (unpaired) electrons. The van der Waals surface area contributed by atoms with Gasteiger partial charge in [-0.25, -0.2) is 0 Å². The Bertz CT molecular complexity index is 357. The Labute approximate surface area is 104 Å². The molecule has 0 heterocycles. The number of hydrogen-bond acceptors (Lipinski definition) is 1. The molecule has 0 aliphatic carbocycles. The summed E-state index contributed by atoms with van der Waals surface area (Å²) in [7, 11) is 0. The fraction of sp³-hybridized carbons (Fsp3) is 0.222. The zero-order valence-electron chi connectivity index (χ0n) is 7.14. The van der Waals surface area contributed by atoms with E-state index in [9.17, 15) is 4.79 Å². The van der Waals surface area contributed by atoms with Gasteiger partial charge >= 0.3 is 0 Å². The predicted octanol–water partition coefficient (Wildman–Crippen LogP) is 2.89. The van der Waals surface area contributed by atoms with E-state index in [4.69, 9.17) is 17.3 Å². The lowest BCUT2D eigenvalue weighted by Gasteiger charge is -2.07. The van der Waals surface area contributed by atoms with Gasteiger partial charge in [-0.3, -0.25) is 4.79 Å². The SMILES string of the molecule is NC(=O)C(Br)Cc1ccc(Br)cc1Cl. The van der Waals surface area contributed by atoms with Crippen LogP contribution in [0.15, 0.2) is 22.7 Å². The van der Waals surface area contributed by atoms with Crippen molar-refractivity contribution < 1.29 is 4.79 Å². The average molecular weight is 341 g/mol. The second-order valence-corrected chi connectivity index (χ2v) is 5.24. The molecule has 14 heavy (non-hydrogen) atoms. The third kappa shape index (κ3) is 3.26. The number of alkyl halides is 1. The van der Waals surface area contributed by atoms with Crippen LogP contribution in [0.25, 0.3) is 0 Å². The number of carbonyl (C=O) groups excluding carboxylic acids is 1. The van der Waals surface area contributed by atoms with Gasteiger partial charge in [-0.15, -0.1) is 0 Å². The average Bonchev–Trinajstić information content (AvgIpc) is 2.09. The predicted molar refractivity (Wildman–Crippen MR) is 64.8 cm³/mol. The van der Waals surface area contributed by atoms with E-state index in [0.717, 1.165) is 10.0 Å². The second-order valence-electron chi connectivity index (χ2n) is 2.81. The van der Waals surface area contributed by atoms with E-state index in [0.29, 0.717) is 11.4 Å². The summed E-state index contributed by atoms with van der Waals surface area (Å²) >= 11 is 12.5. The first kappa shape index (κ1) is 12.0. The van der Waals surface area contributed by atoms with Gasteiger partial charge in [0.15, 0.2) is 0 Å². The van der Waals surface area contributed by atoms with Crippen molar-refractivity contribution in [1.82, 2.24) is 0 Å². The molecule has 76 valence electrons. The van der Waals surface area contributed by atoms with Crippen LogP contribution in [0.5, 0.6) is 0 Å². The van der Waals surface area contributed by atoms with Crippen LogP contribution in [0.1, 0.15) is 5.56 Å². The summed E-state index contributed by atoms with van der Waals surface area (Å²) in [6.45, 7) is 0. The van der Waals surface area contributed by atoms with Crippen LogP contribution in [0, 0.1) is 0 Å². The Morgan fingerprint density at radius 2 is 2.21 bits per heavy atom. The summed E-state index contributed by atoms with van der Waals surface area (Å²) in [5.41, 5.74) is 6.02. The van der Waals surface area contributed by atoms with Gasteiger partial charge in [-0.05, 0) is 24.1 Å². The number of halogens is 3. The number of nitrogens with two attached hydrogens (primary N) is 1. The standard InChI is InChI=1S/C9H8Br2ClNO/c10-6-2-1-5(8(12)4-6)3-7(11)9(13)14/h1-2,4,7H,3H2,(H2,13,14). The first-order valence-corrected chi connectivity index (χ1v) is 5.96. The number of carbonyl (C=O) groups is 1. The van der Waals surface area contributed by atoms with Gasteiger partial charge in [-0.2, -0.15) is 0 Å². The molecule has 0 saturated carbocycles. The number of primary amides is 1. The van der Waals surface area contributed by atoms with E-state index < -0.39 is 0 Å². The minimum atomic E-state index is -0.385. The summed E-state index contributed by atoms with van der Waals surface area (Å²) in [4.78, 5) is 10.4. The van der Waals surface area contributed by atoms with Crippen molar-refractivity contribution in [2.75, 3.05) is 0 Å². The third-order valence-electron chi connectivity index (χ3n) is 1.72. The molecule has 0 aromatic heterocycles. The van der Waals surface area contributed by atoms with Gasteiger partial charge in [-0.1, -0.05) is 49.5 Å². The molecule has 0 spiro atoms. The zero-order valence-corrected chi connectivity index (χ0v) is 11.1. The Morgan fingerprint density at radius 1 is 1.57 bits per heavy atom. The Kier molecular flexibility index (Phi) is 4.41. The van der Waals surface area contributed by atoms with Crippen molar-refractivity contribution in [3.05, 3.63) is 33.3 Å². The van der Waals surface area contributed by atoms with E-state index in [1.54, 1.807) is 6.07 Å². The van der Waals surface area contributed by atoms with Gasteiger partial charge in [0, 0.05) is 9.50 Å². The maximum Gasteiger partial charge on any atom is 0.231 e. The highest BCUT2D eigenvalue weighted by Gasteiger charge is 2.13. The van der Waals surface area contributed by atoms with Crippen LogP contribution in [0.4, 0.5) is 0 Å². The molecule has 1 aromatic rings. The molecule has 1 atom stereocenters. The van der Waals surface area contributed by atoms with Crippen LogP contribution in [0.3, 0.4) is 0 Å². The summed E-state index contributed by atoms with van der Waals surface area (Å²) < 4.78 is 0.913. The summed E-state index contributed by atoms with van der Waals surface area (Å²) in [5, 5.41) is 0.630. The van der Waals surface area contributed by atoms with Crippen molar-refractivity contribution in [3.8, 4) is 0 Å². The van der Waals surface area contributed by atoms with Crippen molar-refractivity contribution in [2.45, 2.75) is 11.2 Å². The van der Waals surface area contributed by atoms with Gasteiger partial charge in [0.2, 0.25) is 5.91 Å². The number of hydrogen-bond donors (Lipinski definition) is 1. The third-order valence-corrected chi connectivity index (χ3v) is 3.34. The molecule has 2 N–H and O–H groups in total. The van der Waals surface area contributed by atoms with E-state index in [2.05, 4.69) is 31.9 Å². The topological polar surface area (TPSA) is 43.1 Å². The van der Waals surface area contributed by atoms with Gasteiger partial charge in [0.05, 0.1) is 4.83 Å². The largest absolute Gasteiger partial charge is 0.369 e. The van der Waals surface area contributed by atoms with Crippen LogP contribution in [-0.2, 0) is 11.2 Å². The molecular weight excluding hydrogens is 333 g/mol. The molecule has 2 nitrogen and oxygen atoms in total. The van der Waals surface area contributed by atoms with Gasteiger partial charge in [0.25, 0.3) is 0 Å². The maximum absolute atomic E-state index is 10.8. The maximum atomic E-state index is 10.8. The molecule has 0 aliphatic heterocycles. The van der Waals surface area contributed by atoms with E-state index >= 15 is 0 Å². The monoisotopic (exact) mass is 339 g/mol. The highest BCUT2D eigenvalue weighted by molar-refractivity contribution is 9.10. The first-order valence-electron chi connectivity index (χ1n) is 3.88. The Hall–Kier alpha value is -0.0600. The zero-order chi connectivity index (χ0) is 10.7. The molecule has 0 bridgehead atoms. The summed E-state index contributed by atoms with van der Waals surface area (Å²) in [6, 6.07) is 5.53. The Balaban J connectivity index is 2.82. The smallest absolute Gasteiger partial charge is 0.231 e. The molecule has 0 saturated heterocycles. The van der Waals surface area contributed by atoms with Gasteiger partial charge in [0.1, 0.15) is 0 Å². The molecule has 1 aromatic carbocycles. The van der Waals surface area contributed by atoms with Crippen LogP contribution >= 0.6 is 43.5 Å².